The zero-order chi connectivity index (χ0) is 25.2. The number of halogens is 3. The lowest BCUT2D eigenvalue weighted by Crippen LogP contribution is -2.63. The van der Waals surface area contributed by atoms with E-state index in [2.05, 4.69) is 39.3 Å². The van der Waals surface area contributed by atoms with Gasteiger partial charge in [0.2, 0.25) is 5.91 Å². The summed E-state index contributed by atoms with van der Waals surface area (Å²) in [7, 11) is 0. The van der Waals surface area contributed by atoms with Gasteiger partial charge in [-0.25, -0.2) is 9.97 Å². The number of carbonyl (C=O) groups excluding carboxylic acids is 1. The van der Waals surface area contributed by atoms with Crippen molar-refractivity contribution >= 4 is 22.6 Å². The lowest BCUT2D eigenvalue weighted by Gasteiger charge is -2.48. The summed E-state index contributed by atoms with van der Waals surface area (Å²) >= 11 is 0. The fraction of sp³-hybridized carbons (Fsp3) is 0.640. The van der Waals surface area contributed by atoms with Gasteiger partial charge < -0.3 is 15.7 Å². The summed E-state index contributed by atoms with van der Waals surface area (Å²) in [5, 5.41) is 16.9. The van der Waals surface area contributed by atoms with Crippen LogP contribution in [0, 0.1) is 5.92 Å². The molecule has 0 radical (unpaired) electrons. The third kappa shape index (κ3) is 5.69. The van der Waals surface area contributed by atoms with Gasteiger partial charge in [-0.05, 0) is 62.6 Å². The van der Waals surface area contributed by atoms with Gasteiger partial charge in [-0.1, -0.05) is 13.8 Å². The first-order chi connectivity index (χ1) is 16.6. The smallest absolute Gasteiger partial charge is 0.390 e. The highest BCUT2D eigenvalue weighted by atomic mass is 19.4. The molecule has 1 aliphatic carbocycles. The van der Waals surface area contributed by atoms with E-state index in [1.807, 2.05) is 0 Å². The van der Waals surface area contributed by atoms with E-state index < -0.39 is 17.3 Å². The van der Waals surface area contributed by atoms with Crippen molar-refractivity contribution in [3.05, 3.63) is 30.1 Å². The van der Waals surface area contributed by atoms with Crippen molar-refractivity contribution in [3.8, 4) is 0 Å². The van der Waals surface area contributed by atoms with Crippen LogP contribution >= 0.6 is 0 Å². The number of nitrogens with one attached hydrogen (secondary N) is 2. The van der Waals surface area contributed by atoms with E-state index in [0.29, 0.717) is 17.5 Å². The number of likely N-dealkylation sites (tertiary alicyclic amines) is 1. The second kappa shape index (κ2) is 10.3. The molecule has 1 amide bonds. The fourth-order valence-corrected chi connectivity index (χ4v) is 5.52. The average molecular weight is 494 g/mol. The third-order valence-corrected chi connectivity index (χ3v) is 7.85. The van der Waals surface area contributed by atoms with Crippen LogP contribution in [0.4, 0.5) is 19.0 Å². The Morgan fingerprint density at radius 1 is 1.11 bits per heavy atom. The molecule has 0 spiro atoms. The number of rotatable bonds is 8. The van der Waals surface area contributed by atoms with Crippen LogP contribution in [0.15, 0.2) is 24.5 Å². The molecule has 0 bridgehead atoms. The topological polar surface area (TPSA) is 90.4 Å². The van der Waals surface area contributed by atoms with E-state index in [4.69, 9.17) is 0 Å². The number of aliphatic hydroxyl groups is 1. The van der Waals surface area contributed by atoms with Crippen LogP contribution in [0.3, 0.4) is 0 Å². The molecule has 192 valence electrons. The monoisotopic (exact) mass is 493 g/mol. The van der Waals surface area contributed by atoms with Crippen LogP contribution in [0.1, 0.15) is 57.9 Å². The van der Waals surface area contributed by atoms with Gasteiger partial charge in [0.15, 0.2) is 0 Å². The van der Waals surface area contributed by atoms with E-state index in [1.54, 1.807) is 0 Å². The lowest BCUT2D eigenvalue weighted by molar-refractivity contribution is -0.137. The number of hydrogen-bond acceptors (Lipinski definition) is 6. The van der Waals surface area contributed by atoms with E-state index in [-0.39, 0.29) is 29.7 Å². The highest BCUT2D eigenvalue weighted by molar-refractivity contribution is 5.91. The third-order valence-electron chi connectivity index (χ3n) is 7.85. The van der Waals surface area contributed by atoms with Gasteiger partial charge in [-0.2, -0.15) is 13.2 Å². The quantitative estimate of drug-likeness (QED) is 0.516. The molecule has 7 nitrogen and oxygen atoms in total. The molecule has 0 atom stereocenters. The first-order valence-electron chi connectivity index (χ1n) is 12.4. The maximum absolute atomic E-state index is 13.1. The van der Waals surface area contributed by atoms with Crippen molar-refractivity contribution in [2.75, 3.05) is 25.0 Å². The van der Waals surface area contributed by atoms with Gasteiger partial charge in [-0.15, -0.1) is 0 Å². The highest BCUT2D eigenvalue weighted by Crippen LogP contribution is 2.39. The SMILES string of the molecule is CCC(O)(CC)C1CCC(N2CC(NC(=O)CNc3ncnc4ccc(C(F)(F)F)cc34)C2)CC1. The molecule has 35 heavy (non-hydrogen) atoms. The Kier molecular flexibility index (Phi) is 7.51. The van der Waals surface area contributed by atoms with Gasteiger partial charge in [0.1, 0.15) is 12.1 Å². The molecule has 4 rings (SSSR count). The number of amides is 1. The van der Waals surface area contributed by atoms with Crippen molar-refractivity contribution in [1.82, 2.24) is 20.2 Å². The molecule has 2 heterocycles. The molecule has 1 aromatic heterocycles. The number of carbonyl (C=O) groups is 1. The van der Waals surface area contributed by atoms with E-state index in [9.17, 15) is 23.1 Å². The minimum atomic E-state index is -4.47. The van der Waals surface area contributed by atoms with Crippen LogP contribution in [-0.4, -0.2) is 63.2 Å². The van der Waals surface area contributed by atoms with Crippen LogP contribution in [0.2, 0.25) is 0 Å². The van der Waals surface area contributed by atoms with Gasteiger partial charge in [0.25, 0.3) is 0 Å². The second-order valence-electron chi connectivity index (χ2n) is 9.84. The molecule has 0 unspecified atom stereocenters. The Bertz CT molecular complexity index is 1030. The minimum absolute atomic E-state index is 0.0595. The van der Waals surface area contributed by atoms with Gasteiger partial charge >= 0.3 is 6.18 Å². The molecule has 2 aromatic rings. The first kappa shape index (κ1) is 25.6. The average Bonchev–Trinajstić information content (AvgIpc) is 2.83. The van der Waals surface area contributed by atoms with Crippen molar-refractivity contribution in [2.24, 2.45) is 5.92 Å². The normalized spacial score (nSPS) is 22.1. The zero-order valence-electron chi connectivity index (χ0n) is 20.2. The van der Waals surface area contributed by atoms with Crippen LogP contribution in [0.25, 0.3) is 10.9 Å². The van der Waals surface area contributed by atoms with Crippen molar-refractivity contribution in [1.29, 1.82) is 0 Å². The second-order valence-corrected chi connectivity index (χ2v) is 9.84. The standard InChI is InChI=1S/C25H34F3N5O2/c1-3-24(35,4-2)16-5-8-19(9-6-16)33-13-18(14-33)32-22(34)12-29-23-20-11-17(25(26,27)28)7-10-21(20)30-15-31-23/h7,10-11,15-16,18-19,35H,3-6,8-9,12-14H2,1-2H3,(H,32,34)(H,29,30,31). The molecule has 1 saturated heterocycles. The number of benzene rings is 1. The minimum Gasteiger partial charge on any atom is -0.390 e. The summed E-state index contributed by atoms with van der Waals surface area (Å²) < 4.78 is 39.2. The molecular formula is C25H34F3N5O2. The molecule has 1 saturated carbocycles. The molecule has 2 fully saturated rings. The number of hydrogen-bond donors (Lipinski definition) is 3. The first-order valence-corrected chi connectivity index (χ1v) is 12.4. The van der Waals surface area contributed by atoms with Crippen molar-refractivity contribution < 1.29 is 23.1 Å². The summed E-state index contributed by atoms with van der Waals surface area (Å²) in [5.74, 6) is 0.331. The number of anilines is 1. The number of fused-ring (bicyclic) bond motifs is 1. The van der Waals surface area contributed by atoms with Crippen molar-refractivity contribution in [3.63, 3.8) is 0 Å². The van der Waals surface area contributed by atoms with Crippen LogP contribution < -0.4 is 10.6 Å². The van der Waals surface area contributed by atoms with Crippen molar-refractivity contribution in [2.45, 2.75) is 76.2 Å². The Morgan fingerprint density at radius 2 is 1.80 bits per heavy atom. The maximum Gasteiger partial charge on any atom is 0.416 e. The predicted molar refractivity (Wildman–Crippen MR) is 128 cm³/mol. The van der Waals surface area contributed by atoms with E-state index >= 15 is 0 Å². The molecule has 3 N–H and O–H groups in total. The van der Waals surface area contributed by atoms with Gasteiger partial charge in [0, 0.05) is 24.5 Å². The predicted octanol–water partition coefficient (Wildman–Crippen LogP) is 3.97. The lowest BCUT2D eigenvalue weighted by atomic mass is 9.72. The Labute approximate surface area is 203 Å². The Hall–Kier alpha value is -2.46. The molecule has 1 aromatic carbocycles. The van der Waals surface area contributed by atoms with E-state index in [0.717, 1.165) is 63.7 Å². The molecule has 2 aliphatic rings. The molecule has 1 aliphatic heterocycles. The zero-order valence-corrected chi connectivity index (χ0v) is 20.2. The Balaban J connectivity index is 1.24. The summed E-state index contributed by atoms with van der Waals surface area (Å²) in [6.07, 6.45) is 2.56. The summed E-state index contributed by atoms with van der Waals surface area (Å²) in [4.78, 5) is 22.9. The van der Waals surface area contributed by atoms with Crippen LogP contribution in [0.5, 0.6) is 0 Å². The van der Waals surface area contributed by atoms with Crippen LogP contribution in [-0.2, 0) is 11.0 Å². The highest BCUT2D eigenvalue weighted by Gasteiger charge is 2.40. The molecular weight excluding hydrogens is 459 g/mol. The number of nitrogens with zero attached hydrogens (tertiary/aromatic N) is 3. The molecule has 10 heteroatoms. The number of aromatic nitrogens is 2. The fourth-order valence-electron chi connectivity index (χ4n) is 5.52. The summed E-state index contributed by atoms with van der Waals surface area (Å²) in [6, 6.07) is 3.83. The van der Waals surface area contributed by atoms with Gasteiger partial charge in [-0.3, -0.25) is 9.69 Å². The Morgan fingerprint density at radius 3 is 2.43 bits per heavy atom. The summed E-state index contributed by atoms with van der Waals surface area (Å²) in [6.45, 7) is 5.60. The summed E-state index contributed by atoms with van der Waals surface area (Å²) in [5.41, 5.74) is -0.964. The van der Waals surface area contributed by atoms with Gasteiger partial charge in [0.05, 0.1) is 29.3 Å². The largest absolute Gasteiger partial charge is 0.416 e. The number of alkyl halides is 3. The van der Waals surface area contributed by atoms with E-state index in [1.165, 1.54) is 12.4 Å². The maximum atomic E-state index is 13.1.